The highest BCUT2D eigenvalue weighted by Crippen LogP contribution is 2.27. The molecule has 6 heteroatoms. The molecule has 1 unspecified atom stereocenters. The van der Waals surface area contributed by atoms with Crippen LogP contribution in [-0.4, -0.2) is 26.5 Å². The van der Waals surface area contributed by atoms with Crippen LogP contribution in [0.1, 0.15) is 25.5 Å². The first-order chi connectivity index (χ1) is 10.5. The highest BCUT2D eigenvalue weighted by atomic mass is 32.2. The minimum Gasteiger partial charge on any atom is -0.348 e. The quantitative estimate of drug-likeness (QED) is 0.859. The number of thiazole rings is 1. The summed E-state index contributed by atoms with van der Waals surface area (Å²) in [6.45, 7) is 4.28. The van der Waals surface area contributed by atoms with Crippen LogP contribution in [0.15, 0.2) is 40.6 Å². The van der Waals surface area contributed by atoms with E-state index in [1.54, 1.807) is 35.6 Å². The van der Waals surface area contributed by atoms with Gasteiger partial charge in [-0.25, -0.2) is 13.4 Å². The topological polar surface area (TPSA) is 50.3 Å². The van der Waals surface area contributed by atoms with E-state index < -0.39 is 9.84 Å². The average Bonchev–Trinajstić information content (AvgIpc) is 2.96. The van der Waals surface area contributed by atoms with Crippen LogP contribution in [-0.2, 0) is 15.6 Å². The third-order valence-electron chi connectivity index (χ3n) is 3.91. The molecule has 2 aromatic rings. The fraction of sp³-hybridized carbons (Fsp3) is 0.438. The number of rotatable bonds is 4. The lowest BCUT2D eigenvalue weighted by Gasteiger charge is -2.30. The van der Waals surface area contributed by atoms with Crippen molar-refractivity contribution < 1.29 is 8.42 Å². The number of hydrogen-bond acceptors (Lipinski definition) is 5. The van der Waals surface area contributed by atoms with Gasteiger partial charge in [-0.1, -0.05) is 25.1 Å². The van der Waals surface area contributed by atoms with Gasteiger partial charge in [-0.05, 0) is 30.9 Å². The van der Waals surface area contributed by atoms with Crippen LogP contribution in [0.25, 0.3) is 0 Å². The number of sulfone groups is 1. The first-order valence-electron chi connectivity index (χ1n) is 7.52. The zero-order chi connectivity index (χ0) is 15.6. The Bertz CT molecular complexity index is 726. The monoisotopic (exact) mass is 336 g/mol. The summed E-state index contributed by atoms with van der Waals surface area (Å²) in [5, 5.41) is 2.82. The number of hydrogen-bond donors (Lipinski definition) is 0. The molecule has 1 saturated heterocycles. The molecule has 22 heavy (non-hydrogen) atoms. The summed E-state index contributed by atoms with van der Waals surface area (Å²) in [6.07, 6.45) is 2.44. The van der Waals surface area contributed by atoms with E-state index in [1.807, 2.05) is 11.4 Å². The van der Waals surface area contributed by atoms with Crippen LogP contribution in [0, 0.1) is 5.92 Å². The first-order valence-corrected chi connectivity index (χ1v) is 10.0. The summed E-state index contributed by atoms with van der Waals surface area (Å²) < 4.78 is 24.8. The van der Waals surface area contributed by atoms with E-state index in [9.17, 15) is 8.42 Å². The second-order valence-corrected chi connectivity index (χ2v) is 8.71. The molecule has 0 amide bonds. The highest BCUT2D eigenvalue weighted by Gasteiger charge is 2.21. The summed E-state index contributed by atoms with van der Waals surface area (Å²) in [6, 6.07) is 8.57. The van der Waals surface area contributed by atoms with Crippen LogP contribution in [0.4, 0.5) is 5.13 Å². The summed E-state index contributed by atoms with van der Waals surface area (Å²) in [4.78, 5) is 7.18. The van der Waals surface area contributed by atoms with Crippen molar-refractivity contribution >= 4 is 26.3 Å². The summed E-state index contributed by atoms with van der Waals surface area (Å²) in [5.41, 5.74) is 0.641. The van der Waals surface area contributed by atoms with Gasteiger partial charge < -0.3 is 4.90 Å². The van der Waals surface area contributed by atoms with Gasteiger partial charge in [0.2, 0.25) is 0 Å². The predicted octanol–water partition coefficient (Wildman–Crippen LogP) is 3.35. The Morgan fingerprint density at radius 3 is 2.82 bits per heavy atom. The number of anilines is 1. The summed E-state index contributed by atoms with van der Waals surface area (Å²) in [7, 11) is -3.32. The zero-order valence-electron chi connectivity index (χ0n) is 12.6. The van der Waals surface area contributed by atoms with Gasteiger partial charge in [0.1, 0.15) is 0 Å². The maximum absolute atomic E-state index is 12.4. The largest absolute Gasteiger partial charge is 0.348 e. The average molecular weight is 336 g/mol. The molecule has 1 atom stereocenters. The molecule has 0 aliphatic carbocycles. The Morgan fingerprint density at radius 1 is 1.32 bits per heavy atom. The van der Waals surface area contributed by atoms with Crippen LogP contribution >= 0.6 is 11.3 Å². The lowest BCUT2D eigenvalue weighted by molar-refractivity contribution is 0.446. The molecule has 0 saturated carbocycles. The van der Waals surface area contributed by atoms with E-state index in [0.29, 0.717) is 16.5 Å². The summed E-state index contributed by atoms with van der Waals surface area (Å²) >= 11 is 1.54. The predicted molar refractivity (Wildman–Crippen MR) is 90.1 cm³/mol. The third kappa shape index (κ3) is 3.50. The van der Waals surface area contributed by atoms with E-state index in [1.165, 1.54) is 12.8 Å². The van der Waals surface area contributed by atoms with Crippen molar-refractivity contribution in [2.24, 2.45) is 5.92 Å². The van der Waals surface area contributed by atoms with Gasteiger partial charge in [-0.2, -0.15) is 0 Å². The van der Waals surface area contributed by atoms with Gasteiger partial charge in [0.25, 0.3) is 0 Å². The lowest BCUT2D eigenvalue weighted by atomic mass is 10.0. The van der Waals surface area contributed by atoms with E-state index in [-0.39, 0.29) is 5.75 Å². The molecule has 0 bridgehead atoms. The molecule has 4 nitrogen and oxygen atoms in total. The van der Waals surface area contributed by atoms with Crippen molar-refractivity contribution in [3.05, 3.63) is 41.4 Å². The van der Waals surface area contributed by atoms with Gasteiger partial charge in [0, 0.05) is 18.5 Å². The number of nitrogens with zero attached hydrogens (tertiary/aromatic N) is 2. The molecule has 1 fully saturated rings. The first kappa shape index (κ1) is 15.5. The Labute approximate surface area is 135 Å². The Kier molecular flexibility index (Phi) is 4.49. The molecule has 0 spiro atoms. The minimum absolute atomic E-state index is 0.0308. The maximum Gasteiger partial charge on any atom is 0.185 e. The van der Waals surface area contributed by atoms with Gasteiger partial charge in [0.15, 0.2) is 15.0 Å². The van der Waals surface area contributed by atoms with Crippen molar-refractivity contribution in [2.45, 2.75) is 30.4 Å². The number of piperidine rings is 1. The molecule has 1 aromatic carbocycles. The van der Waals surface area contributed by atoms with Crippen LogP contribution < -0.4 is 4.90 Å². The molecule has 1 aromatic heterocycles. The zero-order valence-corrected chi connectivity index (χ0v) is 14.2. The number of benzene rings is 1. The summed E-state index contributed by atoms with van der Waals surface area (Å²) in [5.74, 6) is 0.644. The molecule has 0 N–H and O–H groups in total. The van der Waals surface area contributed by atoms with Gasteiger partial charge in [0.05, 0.1) is 16.3 Å². The van der Waals surface area contributed by atoms with E-state index in [4.69, 9.17) is 0 Å². The smallest absolute Gasteiger partial charge is 0.185 e. The minimum atomic E-state index is -3.32. The second kappa shape index (κ2) is 6.38. The molecular formula is C16H20N2O2S2. The van der Waals surface area contributed by atoms with Crippen LogP contribution in [0.2, 0.25) is 0 Å². The van der Waals surface area contributed by atoms with Crippen molar-refractivity contribution in [1.29, 1.82) is 0 Å². The van der Waals surface area contributed by atoms with Crippen molar-refractivity contribution in [1.82, 2.24) is 4.98 Å². The molecule has 1 aliphatic rings. The van der Waals surface area contributed by atoms with E-state index >= 15 is 0 Å². The molecule has 1 aliphatic heterocycles. The molecule has 3 rings (SSSR count). The third-order valence-corrected chi connectivity index (χ3v) is 6.52. The standard InChI is InChI=1S/C16H20N2O2S2/c1-13-6-5-9-18(10-13)16-17-14(11-21-16)12-22(19,20)15-7-3-2-4-8-15/h2-4,7-8,11,13H,5-6,9-10,12H2,1H3. The Morgan fingerprint density at radius 2 is 2.09 bits per heavy atom. The van der Waals surface area contributed by atoms with Crippen molar-refractivity contribution in [2.75, 3.05) is 18.0 Å². The van der Waals surface area contributed by atoms with Crippen molar-refractivity contribution in [3.63, 3.8) is 0 Å². The SMILES string of the molecule is CC1CCCN(c2nc(CS(=O)(=O)c3ccccc3)cs2)C1. The molecular weight excluding hydrogens is 316 g/mol. The van der Waals surface area contributed by atoms with Gasteiger partial charge in [-0.3, -0.25) is 0 Å². The Balaban J connectivity index is 1.74. The normalized spacial score (nSPS) is 19.3. The Hall–Kier alpha value is -1.40. The van der Waals surface area contributed by atoms with Gasteiger partial charge in [-0.15, -0.1) is 11.3 Å². The second-order valence-electron chi connectivity index (χ2n) is 5.89. The van der Waals surface area contributed by atoms with Crippen LogP contribution in [0.5, 0.6) is 0 Å². The number of aromatic nitrogens is 1. The molecule has 2 heterocycles. The van der Waals surface area contributed by atoms with E-state index in [2.05, 4.69) is 16.8 Å². The highest BCUT2D eigenvalue weighted by molar-refractivity contribution is 7.90. The molecule has 0 radical (unpaired) electrons. The maximum atomic E-state index is 12.4. The molecule has 118 valence electrons. The van der Waals surface area contributed by atoms with Crippen molar-refractivity contribution in [3.8, 4) is 0 Å². The van der Waals surface area contributed by atoms with E-state index in [0.717, 1.165) is 18.2 Å². The lowest BCUT2D eigenvalue weighted by Crippen LogP contribution is -2.34. The fourth-order valence-electron chi connectivity index (χ4n) is 2.78. The fourth-order valence-corrected chi connectivity index (χ4v) is 5.02. The van der Waals surface area contributed by atoms with Crippen LogP contribution in [0.3, 0.4) is 0 Å². The van der Waals surface area contributed by atoms with Gasteiger partial charge >= 0.3 is 0 Å².